The lowest BCUT2D eigenvalue weighted by molar-refractivity contribution is -0.136. The summed E-state index contributed by atoms with van der Waals surface area (Å²) in [5.41, 5.74) is 3.93. The Labute approximate surface area is 219 Å². The quantitative estimate of drug-likeness (QED) is 0.432. The predicted molar refractivity (Wildman–Crippen MR) is 139 cm³/mol. The lowest BCUT2D eigenvalue weighted by atomic mass is 9.76. The first-order valence-corrected chi connectivity index (χ1v) is 13.7. The van der Waals surface area contributed by atoms with Gasteiger partial charge in [0.1, 0.15) is 11.5 Å². The Kier molecular flexibility index (Phi) is 8.77. The van der Waals surface area contributed by atoms with Gasteiger partial charge in [-0.1, -0.05) is 39.2 Å². The minimum absolute atomic E-state index is 0.0249. The van der Waals surface area contributed by atoms with Crippen molar-refractivity contribution < 1.29 is 28.6 Å². The Morgan fingerprint density at radius 1 is 1.14 bits per heavy atom. The number of amides is 1. The number of oxazole rings is 1. The van der Waals surface area contributed by atoms with Gasteiger partial charge in [-0.15, -0.1) is 0 Å². The summed E-state index contributed by atoms with van der Waals surface area (Å²) in [6.07, 6.45) is 8.14. The van der Waals surface area contributed by atoms with Crippen molar-refractivity contribution in [3.63, 3.8) is 0 Å². The second kappa shape index (κ2) is 12.0. The molecule has 0 atom stereocenters. The average molecular weight is 513 g/mol. The molecule has 1 amide bonds. The number of carboxylic acids is 1. The van der Waals surface area contributed by atoms with E-state index in [-0.39, 0.29) is 17.9 Å². The van der Waals surface area contributed by atoms with Crippen molar-refractivity contribution in [3.8, 4) is 5.75 Å². The van der Waals surface area contributed by atoms with Gasteiger partial charge in [0.05, 0.1) is 18.9 Å². The van der Waals surface area contributed by atoms with Crippen LogP contribution in [0.4, 0.5) is 4.79 Å². The van der Waals surface area contributed by atoms with Crippen LogP contribution in [0.1, 0.15) is 92.8 Å². The summed E-state index contributed by atoms with van der Waals surface area (Å²) >= 11 is 0. The topological polar surface area (TPSA) is 102 Å². The molecule has 2 aliphatic rings. The summed E-state index contributed by atoms with van der Waals surface area (Å²) in [5, 5.41) is 9.20. The van der Waals surface area contributed by atoms with E-state index in [9.17, 15) is 14.7 Å². The number of carboxylic acid groups (broad SMARTS) is 1. The molecule has 1 aromatic heterocycles. The number of aliphatic carboxylic acids is 1. The van der Waals surface area contributed by atoms with Crippen molar-refractivity contribution >= 4 is 12.1 Å². The normalized spacial score (nSPS) is 16.8. The molecule has 0 bridgehead atoms. The van der Waals surface area contributed by atoms with Crippen LogP contribution in [0.25, 0.3) is 0 Å². The third kappa shape index (κ3) is 6.46. The highest BCUT2D eigenvalue weighted by molar-refractivity contribution is 5.69. The Morgan fingerprint density at radius 2 is 1.92 bits per heavy atom. The van der Waals surface area contributed by atoms with Gasteiger partial charge in [0.2, 0.25) is 5.89 Å². The van der Waals surface area contributed by atoms with E-state index in [1.807, 2.05) is 26.0 Å². The number of hydrogen-bond acceptors (Lipinski definition) is 6. The number of carbonyl (C=O) groups excluding carboxylic acids is 1. The Hall–Kier alpha value is -3.03. The number of ether oxygens (including phenoxy) is 2. The average Bonchev–Trinajstić information content (AvgIpc) is 3.27. The Morgan fingerprint density at radius 3 is 2.65 bits per heavy atom. The monoisotopic (exact) mass is 512 g/mol. The SMILES string of the molecule is CCCOC(=O)N1CCc2c(OCCc3nc(C4(C)CCCCC4)oc3C)ccc(CCC(=O)O)c2C1. The number of rotatable bonds is 10. The van der Waals surface area contributed by atoms with Crippen molar-refractivity contribution in [2.45, 2.75) is 96.9 Å². The summed E-state index contributed by atoms with van der Waals surface area (Å²) < 4.78 is 17.7. The van der Waals surface area contributed by atoms with Gasteiger partial charge >= 0.3 is 12.1 Å². The van der Waals surface area contributed by atoms with Crippen molar-refractivity contribution in [3.05, 3.63) is 46.2 Å². The van der Waals surface area contributed by atoms with E-state index >= 15 is 0 Å². The van der Waals surface area contributed by atoms with E-state index in [0.717, 1.165) is 59.0 Å². The van der Waals surface area contributed by atoms with E-state index in [0.29, 0.717) is 45.6 Å². The molecule has 0 saturated heterocycles. The molecule has 8 heteroatoms. The summed E-state index contributed by atoms with van der Waals surface area (Å²) in [6, 6.07) is 3.87. The third-order valence-corrected chi connectivity index (χ3v) is 7.72. The van der Waals surface area contributed by atoms with Crippen LogP contribution in [-0.2, 0) is 40.8 Å². The zero-order chi connectivity index (χ0) is 26.4. The molecule has 2 aromatic rings. The predicted octanol–water partition coefficient (Wildman–Crippen LogP) is 5.75. The second-order valence-corrected chi connectivity index (χ2v) is 10.6. The lowest BCUT2D eigenvalue weighted by Gasteiger charge is -2.31. The Balaban J connectivity index is 1.46. The van der Waals surface area contributed by atoms with Crippen molar-refractivity contribution in [1.82, 2.24) is 9.88 Å². The zero-order valence-electron chi connectivity index (χ0n) is 22.4. The first-order chi connectivity index (χ1) is 17.8. The highest BCUT2D eigenvalue weighted by Gasteiger charge is 2.34. The van der Waals surface area contributed by atoms with Crippen molar-refractivity contribution in [2.75, 3.05) is 19.8 Å². The molecule has 1 aromatic carbocycles. The van der Waals surface area contributed by atoms with Crippen LogP contribution >= 0.6 is 0 Å². The molecule has 1 fully saturated rings. The van der Waals surface area contributed by atoms with Crippen LogP contribution < -0.4 is 4.74 Å². The van der Waals surface area contributed by atoms with Crippen LogP contribution in [-0.4, -0.2) is 46.8 Å². The van der Waals surface area contributed by atoms with Crippen LogP contribution in [0.2, 0.25) is 0 Å². The minimum atomic E-state index is -0.839. The maximum Gasteiger partial charge on any atom is 0.410 e. The van der Waals surface area contributed by atoms with Gasteiger partial charge in [0, 0.05) is 36.9 Å². The number of hydrogen-bond donors (Lipinski definition) is 1. The van der Waals surface area contributed by atoms with Gasteiger partial charge in [-0.05, 0) is 56.2 Å². The Bertz CT molecular complexity index is 1100. The summed E-state index contributed by atoms with van der Waals surface area (Å²) in [7, 11) is 0. The number of aromatic nitrogens is 1. The number of benzene rings is 1. The zero-order valence-corrected chi connectivity index (χ0v) is 22.4. The molecule has 37 heavy (non-hydrogen) atoms. The molecule has 1 saturated carbocycles. The van der Waals surface area contributed by atoms with E-state index < -0.39 is 5.97 Å². The number of fused-ring (bicyclic) bond motifs is 1. The summed E-state index contributed by atoms with van der Waals surface area (Å²) in [6.45, 7) is 7.99. The van der Waals surface area contributed by atoms with E-state index in [2.05, 4.69) is 6.92 Å². The summed E-state index contributed by atoms with van der Waals surface area (Å²) in [5.74, 6) is 1.66. The standard InChI is InChI=1S/C29H40N2O6/c1-4-17-36-28(34)31-16-12-22-23(19-31)21(9-11-26(32)33)8-10-25(22)35-18-13-24-20(2)37-27(30-24)29(3)14-6-5-7-15-29/h8,10H,4-7,9,11-19H2,1-3H3,(H,32,33). The van der Waals surface area contributed by atoms with Gasteiger partial charge < -0.3 is 23.9 Å². The molecular weight excluding hydrogens is 472 g/mol. The maximum absolute atomic E-state index is 12.5. The van der Waals surface area contributed by atoms with Gasteiger partial charge in [-0.3, -0.25) is 4.79 Å². The number of aryl methyl sites for hydroxylation is 2. The van der Waals surface area contributed by atoms with Crippen molar-refractivity contribution in [2.24, 2.45) is 0 Å². The molecule has 1 N–H and O–H groups in total. The highest BCUT2D eigenvalue weighted by Crippen LogP contribution is 2.39. The van der Waals surface area contributed by atoms with E-state index in [4.69, 9.17) is 18.9 Å². The largest absolute Gasteiger partial charge is 0.493 e. The van der Waals surface area contributed by atoms with Gasteiger partial charge in [0.25, 0.3) is 0 Å². The van der Waals surface area contributed by atoms with Gasteiger partial charge in [-0.2, -0.15) is 0 Å². The molecule has 4 rings (SSSR count). The van der Waals surface area contributed by atoms with Crippen LogP contribution in [0.5, 0.6) is 5.75 Å². The minimum Gasteiger partial charge on any atom is -0.493 e. The lowest BCUT2D eigenvalue weighted by Crippen LogP contribution is -2.37. The van der Waals surface area contributed by atoms with E-state index in [1.165, 1.54) is 19.3 Å². The van der Waals surface area contributed by atoms with Crippen molar-refractivity contribution in [1.29, 1.82) is 0 Å². The molecule has 1 aliphatic heterocycles. The first-order valence-electron chi connectivity index (χ1n) is 13.7. The highest BCUT2D eigenvalue weighted by atomic mass is 16.6. The molecule has 0 spiro atoms. The molecule has 202 valence electrons. The van der Waals surface area contributed by atoms with Gasteiger partial charge in [0.15, 0.2) is 0 Å². The smallest absolute Gasteiger partial charge is 0.410 e. The first kappa shape index (κ1) is 27.0. The maximum atomic E-state index is 12.5. The molecule has 8 nitrogen and oxygen atoms in total. The van der Waals surface area contributed by atoms with Crippen LogP contribution in [0, 0.1) is 6.92 Å². The molecule has 0 unspecified atom stereocenters. The number of nitrogens with zero attached hydrogens (tertiary/aromatic N) is 2. The fraction of sp³-hybridized carbons (Fsp3) is 0.621. The van der Waals surface area contributed by atoms with Crippen LogP contribution in [0.3, 0.4) is 0 Å². The molecule has 1 aliphatic carbocycles. The summed E-state index contributed by atoms with van der Waals surface area (Å²) in [4.78, 5) is 30.3. The molecule has 2 heterocycles. The fourth-order valence-corrected chi connectivity index (χ4v) is 5.48. The van der Waals surface area contributed by atoms with E-state index in [1.54, 1.807) is 4.90 Å². The molecular formula is C29H40N2O6. The number of carbonyl (C=O) groups is 2. The second-order valence-electron chi connectivity index (χ2n) is 10.6. The van der Waals surface area contributed by atoms with Gasteiger partial charge in [-0.25, -0.2) is 9.78 Å². The molecule has 0 radical (unpaired) electrons. The third-order valence-electron chi connectivity index (χ3n) is 7.72. The fourth-order valence-electron chi connectivity index (χ4n) is 5.48. The van der Waals surface area contributed by atoms with Crippen LogP contribution in [0.15, 0.2) is 16.5 Å².